The van der Waals surface area contributed by atoms with Crippen molar-refractivity contribution < 1.29 is 0 Å². The molecular weight excluding hydrogens is 172 g/mol. The molecule has 1 aromatic rings. The van der Waals surface area contributed by atoms with Crippen LogP contribution in [0.3, 0.4) is 0 Å². The van der Waals surface area contributed by atoms with Crippen LogP contribution in [0.2, 0.25) is 0 Å². The van der Waals surface area contributed by atoms with E-state index in [1.807, 2.05) is 0 Å². The third kappa shape index (κ3) is 1.56. The van der Waals surface area contributed by atoms with Crippen molar-refractivity contribution in [1.29, 1.82) is 0 Å². The molecule has 0 spiro atoms. The molecule has 0 aromatic heterocycles. The minimum absolute atomic E-state index is 0.293. The minimum Gasteiger partial charge on any atom is -0.326 e. The van der Waals surface area contributed by atoms with E-state index in [2.05, 4.69) is 43.1 Å². The van der Waals surface area contributed by atoms with Gasteiger partial charge in [0.15, 0.2) is 0 Å². The lowest BCUT2D eigenvalue weighted by Crippen LogP contribution is -2.30. The van der Waals surface area contributed by atoms with Gasteiger partial charge >= 0.3 is 0 Å². The molecule has 1 aromatic carbocycles. The Hall–Kier alpha value is -0.860. The molecule has 2 atom stereocenters. The Balaban J connectivity index is 2.34. The van der Waals surface area contributed by atoms with Crippen molar-refractivity contribution in [2.24, 2.45) is 5.73 Å². The number of nitrogens with zero attached hydrogens (tertiary/aromatic N) is 1. The van der Waals surface area contributed by atoms with Crippen LogP contribution in [-0.2, 0) is 0 Å². The highest BCUT2D eigenvalue weighted by atomic mass is 15.2. The molecule has 14 heavy (non-hydrogen) atoms. The lowest BCUT2D eigenvalue weighted by Gasteiger charge is -2.24. The molecular formula is C12H18N2. The summed E-state index contributed by atoms with van der Waals surface area (Å²) in [4.78, 5) is 2.35. The molecule has 1 saturated heterocycles. The van der Waals surface area contributed by atoms with Crippen LogP contribution in [0, 0.1) is 6.92 Å². The second kappa shape index (κ2) is 3.71. The van der Waals surface area contributed by atoms with Crippen molar-refractivity contribution in [2.45, 2.75) is 25.4 Å². The zero-order valence-corrected chi connectivity index (χ0v) is 8.90. The summed E-state index contributed by atoms with van der Waals surface area (Å²) in [5.41, 5.74) is 8.87. The van der Waals surface area contributed by atoms with Crippen molar-refractivity contribution >= 4 is 0 Å². The monoisotopic (exact) mass is 190 g/mol. The van der Waals surface area contributed by atoms with Gasteiger partial charge in [0.05, 0.1) is 0 Å². The Morgan fingerprint density at radius 1 is 1.36 bits per heavy atom. The van der Waals surface area contributed by atoms with Crippen LogP contribution < -0.4 is 5.73 Å². The van der Waals surface area contributed by atoms with Crippen molar-refractivity contribution in [3.63, 3.8) is 0 Å². The first kappa shape index (κ1) is 9.69. The quantitative estimate of drug-likeness (QED) is 0.730. The van der Waals surface area contributed by atoms with Crippen molar-refractivity contribution in [3.8, 4) is 0 Å². The third-order valence-electron chi connectivity index (χ3n) is 3.20. The Bertz CT molecular complexity index is 312. The summed E-state index contributed by atoms with van der Waals surface area (Å²) in [5.74, 6) is 0. The standard InChI is InChI=1S/C12H18N2/c1-9-5-3-4-6-10(9)12-11(13)7-8-14(12)2/h3-6,11-12H,7-8,13H2,1-2H3. The predicted molar refractivity (Wildman–Crippen MR) is 59.1 cm³/mol. The fraction of sp³-hybridized carbons (Fsp3) is 0.500. The van der Waals surface area contributed by atoms with Crippen molar-refractivity contribution in [3.05, 3.63) is 35.4 Å². The van der Waals surface area contributed by atoms with E-state index in [4.69, 9.17) is 5.73 Å². The van der Waals surface area contributed by atoms with E-state index in [-0.39, 0.29) is 0 Å². The van der Waals surface area contributed by atoms with E-state index in [9.17, 15) is 0 Å². The average Bonchev–Trinajstić information content (AvgIpc) is 2.48. The van der Waals surface area contributed by atoms with Gasteiger partial charge in [0.2, 0.25) is 0 Å². The average molecular weight is 190 g/mol. The van der Waals surface area contributed by atoms with Gasteiger partial charge in [-0.3, -0.25) is 4.90 Å². The summed E-state index contributed by atoms with van der Waals surface area (Å²) in [5, 5.41) is 0. The molecule has 1 heterocycles. The number of likely N-dealkylation sites (N-methyl/N-ethyl adjacent to an activating group) is 1. The van der Waals surface area contributed by atoms with E-state index < -0.39 is 0 Å². The number of likely N-dealkylation sites (tertiary alicyclic amines) is 1. The molecule has 76 valence electrons. The topological polar surface area (TPSA) is 29.3 Å². The van der Waals surface area contributed by atoms with Crippen molar-refractivity contribution in [2.75, 3.05) is 13.6 Å². The highest BCUT2D eigenvalue weighted by molar-refractivity contribution is 5.30. The third-order valence-corrected chi connectivity index (χ3v) is 3.20. The summed E-state index contributed by atoms with van der Waals surface area (Å²) in [6, 6.07) is 9.24. The van der Waals surface area contributed by atoms with E-state index in [1.54, 1.807) is 0 Å². The molecule has 2 nitrogen and oxygen atoms in total. The molecule has 2 unspecified atom stereocenters. The second-order valence-electron chi connectivity index (χ2n) is 4.23. The van der Waals surface area contributed by atoms with Crippen LogP contribution >= 0.6 is 0 Å². The Kier molecular flexibility index (Phi) is 2.57. The maximum absolute atomic E-state index is 6.13. The molecule has 2 heteroatoms. The summed E-state index contributed by atoms with van der Waals surface area (Å²) in [7, 11) is 2.16. The minimum atomic E-state index is 0.293. The number of aryl methyl sites for hydroxylation is 1. The lowest BCUT2D eigenvalue weighted by atomic mass is 9.97. The van der Waals surface area contributed by atoms with Gasteiger partial charge in [-0.2, -0.15) is 0 Å². The summed E-state index contributed by atoms with van der Waals surface area (Å²) < 4.78 is 0. The molecule has 1 fully saturated rings. The number of benzene rings is 1. The van der Waals surface area contributed by atoms with Crippen LogP contribution in [0.4, 0.5) is 0 Å². The predicted octanol–water partition coefficient (Wildman–Crippen LogP) is 1.70. The first-order valence-corrected chi connectivity index (χ1v) is 5.21. The van der Waals surface area contributed by atoms with Crippen LogP contribution in [0.1, 0.15) is 23.6 Å². The largest absolute Gasteiger partial charge is 0.326 e. The van der Waals surface area contributed by atoms with Crippen LogP contribution in [0.5, 0.6) is 0 Å². The molecule has 0 radical (unpaired) electrons. The zero-order chi connectivity index (χ0) is 10.1. The molecule has 0 aliphatic carbocycles. The first-order valence-electron chi connectivity index (χ1n) is 5.21. The fourth-order valence-corrected chi connectivity index (χ4v) is 2.36. The van der Waals surface area contributed by atoms with Crippen LogP contribution in [0.15, 0.2) is 24.3 Å². The van der Waals surface area contributed by atoms with E-state index in [1.165, 1.54) is 11.1 Å². The molecule has 1 aliphatic heterocycles. The summed E-state index contributed by atoms with van der Waals surface area (Å²) >= 11 is 0. The fourth-order valence-electron chi connectivity index (χ4n) is 2.36. The maximum atomic E-state index is 6.13. The Labute approximate surface area is 85.7 Å². The van der Waals surface area contributed by atoms with Crippen LogP contribution in [0.25, 0.3) is 0 Å². The van der Waals surface area contributed by atoms with Gasteiger partial charge in [-0.05, 0) is 31.5 Å². The van der Waals surface area contributed by atoms with Gasteiger partial charge < -0.3 is 5.73 Å². The van der Waals surface area contributed by atoms with Gasteiger partial charge in [0, 0.05) is 18.6 Å². The zero-order valence-electron chi connectivity index (χ0n) is 8.90. The molecule has 2 rings (SSSR count). The Morgan fingerprint density at radius 2 is 2.07 bits per heavy atom. The first-order chi connectivity index (χ1) is 6.70. The SMILES string of the molecule is Cc1ccccc1C1C(N)CCN1C. The summed E-state index contributed by atoms with van der Waals surface area (Å²) in [6.07, 6.45) is 1.11. The van der Waals surface area contributed by atoms with Gasteiger partial charge in [-0.1, -0.05) is 24.3 Å². The van der Waals surface area contributed by atoms with Crippen LogP contribution in [-0.4, -0.2) is 24.5 Å². The van der Waals surface area contributed by atoms with E-state index in [0.717, 1.165) is 13.0 Å². The van der Waals surface area contributed by atoms with Gasteiger partial charge in [0.1, 0.15) is 0 Å². The highest BCUT2D eigenvalue weighted by Gasteiger charge is 2.30. The summed E-state index contributed by atoms with van der Waals surface area (Å²) in [6.45, 7) is 3.27. The van der Waals surface area contributed by atoms with Gasteiger partial charge in [0.25, 0.3) is 0 Å². The smallest absolute Gasteiger partial charge is 0.0499 e. The number of hydrogen-bond acceptors (Lipinski definition) is 2. The normalized spacial score (nSPS) is 28.2. The number of hydrogen-bond donors (Lipinski definition) is 1. The van der Waals surface area contributed by atoms with E-state index in [0.29, 0.717) is 12.1 Å². The van der Waals surface area contributed by atoms with Gasteiger partial charge in [-0.25, -0.2) is 0 Å². The molecule has 0 amide bonds. The number of rotatable bonds is 1. The Morgan fingerprint density at radius 3 is 2.64 bits per heavy atom. The molecule has 0 saturated carbocycles. The lowest BCUT2D eigenvalue weighted by molar-refractivity contribution is 0.303. The second-order valence-corrected chi connectivity index (χ2v) is 4.23. The van der Waals surface area contributed by atoms with Crippen molar-refractivity contribution in [1.82, 2.24) is 4.90 Å². The maximum Gasteiger partial charge on any atom is 0.0499 e. The van der Waals surface area contributed by atoms with E-state index >= 15 is 0 Å². The molecule has 1 aliphatic rings. The van der Waals surface area contributed by atoms with Gasteiger partial charge in [-0.15, -0.1) is 0 Å². The number of nitrogens with two attached hydrogens (primary N) is 1. The molecule has 0 bridgehead atoms. The highest BCUT2D eigenvalue weighted by Crippen LogP contribution is 2.31. The molecule has 2 N–H and O–H groups in total.